The molecule has 2 aliphatic heterocycles. The number of fused-ring (bicyclic) bond motifs is 1. The largest absolute Gasteiger partial charge is 0.495 e. The second-order valence-electron chi connectivity index (χ2n) is 8.60. The van der Waals surface area contributed by atoms with Gasteiger partial charge in [-0.3, -0.25) is 4.90 Å². The second-order valence-corrected chi connectivity index (χ2v) is 9.04. The minimum atomic E-state index is 0.244. The van der Waals surface area contributed by atoms with Gasteiger partial charge in [0.1, 0.15) is 17.4 Å². The molecule has 3 aromatic rings. The Balaban J connectivity index is 1.29. The van der Waals surface area contributed by atoms with Gasteiger partial charge in [-0.2, -0.15) is 0 Å². The standard InChI is InChI=1S/C25H30ClN5O2/c1-32-23-7-3-2-6-22(23)31-12-10-30(11-13-31)17-24-28-21-15-18(26)8-9-20(21)25(29-24)27-16-19-5-4-14-33-19/h2-3,6-9,15,19H,4-5,10-14,16-17H2,1H3,(H,27,28,29). The third-order valence-corrected chi connectivity index (χ3v) is 6.62. The molecule has 2 saturated heterocycles. The fourth-order valence-electron chi connectivity index (χ4n) is 4.61. The van der Waals surface area contributed by atoms with Gasteiger partial charge in [-0.1, -0.05) is 23.7 Å². The van der Waals surface area contributed by atoms with Crippen molar-refractivity contribution in [1.82, 2.24) is 14.9 Å². The molecule has 3 heterocycles. The van der Waals surface area contributed by atoms with Crippen LogP contribution in [-0.2, 0) is 11.3 Å². The van der Waals surface area contributed by atoms with Crippen molar-refractivity contribution in [1.29, 1.82) is 0 Å². The smallest absolute Gasteiger partial charge is 0.145 e. The highest BCUT2D eigenvalue weighted by molar-refractivity contribution is 6.31. The summed E-state index contributed by atoms with van der Waals surface area (Å²) in [5.74, 6) is 2.59. The van der Waals surface area contributed by atoms with Crippen molar-refractivity contribution in [2.24, 2.45) is 0 Å². The van der Waals surface area contributed by atoms with Crippen LogP contribution in [-0.4, -0.2) is 67.4 Å². The van der Waals surface area contributed by atoms with Gasteiger partial charge in [-0.15, -0.1) is 0 Å². The van der Waals surface area contributed by atoms with Crippen molar-refractivity contribution in [2.75, 3.05) is 56.7 Å². The number of halogens is 1. The predicted octanol–water partition coefficient (Wildman–Crippen LogP) is 4.20. The number of methoxy groups -OCH3 is 1. The molecule has 7 nitrogen and oxygen atoms in total. The highest BCUT2D eigenvalue weighted by Gasteiger charge is 2.21. The maximum Gasteiger partial charge on any atom is 0.145 e. The van der Waals surface area contributed by atoms with E-state index < -0.39 is 0 Å². The molecule has 33 heavy (non-hydrogen) atoms. The van der Waals surface area contributed by atoms with Crippen molar-refractivity contribution >= 4 is 34.0 Å². The van der Waals surface area contributed by atoms with Gasteiger partial charge in [0.15, 0.2) is 0 Å². The van der Waals surface area contributed by atoms with E-state index in [1.165, 1.54) is 0 Å². The van der Waals surface area contributed by atoms with Gasteiger partial charge in [-0.25, -0.2) is 9.97 Å². The lowest BCUT2D eigenvalue weighted by molar-refractivity contribution is 0.120. The van der Waals surface area contributed by atoms with Gasteiger partial charge in [0, 0.05) is 49.7 Å². The summed E-state index contributed by atoms with van der Waals surface area (Å²) in [7, 11) is 1.73. The summed E-state index contributed by atoms with van der Waals surface area (Å²) in [6.07, 6.45) is 2.46. The Morgan fingerprint density at radius 3 is 2.76 bits per heavy atom. The monoisotopic (exact) mass is 467 g/mol. The fraction of sp³-hybridized carbons (Fsp3) is 0.440. The molecule has 0 spiro atoms. The quantitative estimate of drug-likeness (QED) is 0.558. The minimum absolute atomic E-state index is 0.244. The van der Waals surface area contributed by atoms with Crippen LogP contribution in [0.25, 0.3) is 10.9 Å². The normalized spacial score (nSPS) is 19.2. The summed E-state index contributed by atoms with van der Waals surface area (Å²) in [6.45, 7) is 6.05. The SMILES string of the molecule is COc1ccccc1N1CCN(Cc2nc(NCC3CCCO3)c3ccc(Cl)cc3n2)CC1. The molecule has 2 aliphatic rings. The van der Waals surface area contributed by atoms with E-state index in [0.717, 1.165) is 86.2 Å². The number of rotatable bonds is 7. The van der Waals surface area contributed by atoms with Crippen molar-refractivity contribution in [3.63, 3.8) is 0 Å². The van der Waals surface area contributed by atoms with Gasteiger partial charge in [0.05, 0.1) is 31.0 Å². The maximum absolute atomic E-state index is 6.27. The average molecular weight is 468 g/mol. The minimum Gasteiger partial charge on any atom is -0.495 e. The van der Waals surface area contributed by atoms with Gasteiger partial charge in [0.2, 0.25) is 0 Å². The highest BCUT2D eigenvalue weighted by Crippen LogP contribution is 2.29. The van der Waals surface area contributed by atoms with Crippen LogP contribution in [0.1, 0.15) is 18.7 Å². The Hall–Kier alpha value is -2.61. The molecule has 1 unspecified atom stereocenters. The van der Waals surface area contributed by atoms with Crippen molar-refractivity contribution in [3.8, 4) is 5.75 Å². The van der Waals surface area contributed by atoms with Crippen molar-refractivity contribution in [2.45, 2.75) is 25.5 Å². The molecule has 174 valence electrons. The zero-order chi connectivity index (χ0) is 22.6. The average Bonchev–Trinajstić information content (AvgIpc) is 3.36. The van der Waals surface area contributed by atoms with Crippen LogP contribution in [0.15, 0.2) is 42.5 Å². The molecule has 1 N–H and O–H groups in total. The van der Waals surface area contributed by atoms with E-state index >= 15 is 0 Å². The van der Waals surface area contributed by atoms with Crippen LogP contribution < -0.4 is 15.0 Å². The number of benzene rings is 2. The first-order valence-electron chi connectivity index (χ1n) is 11.6. The first-order chi connectivity index (χ1) is 16.2. The Kier molecular flexibility index (Phi) is 6.80. The summed E-state index contributed by atoms with van der Waals surface area (Å²) in [6, 6.07) is 14.0. The lowest BCUT2D eigenvalue weighted by Gasteiger charge is -2.36. The van der Waals surface area contributed by atoms with E-state index in [1.807, 2.05) is 30.3 Å². The van der Waals surface area contributed by atoms with E-state index in [1.54, 1.807) is 7.11 Å². The number of nitrogens with one attached hydrogen (secondary N) is 1. The molecule has 0 bridgehead atoms. The maximum atomic E-state index is 6.27. The molecule has 2 aromatic carbocycles. The lowest BCUT2D eigenvalue weighted by Crippen LogP contribution is -2.46. The number of anilines is 2. The van der Waals surface area contributed by atoms with E-state index in [9.17, 15) is 0 Å². The molecule has 5 rings (SSSR count). The lowest BCUT2D eigenvalue weighted by atomic mass is 10.2. The van der Waals surface area contributed by atoms with Crippen LogP contribution >= 0.6 is 11.6 Å². The Bertz CT molecular complexity index is 1100. The van der Waals surface area contributed by atoms with E-state index in [0.29, 0.717) is 11.6 Å². The van der Waals surface area contributed by atoms with Crippen LogP contribution in [0.3, 0.4) is 0 Å². The topological polar surface area (TPSA) is 62.8 Å². The Morgan fingerprint density at radius 1 is 1.12 bits per heavy atom. The molecule has 0 radical (unpaired) electrons. The summed E-state index contributed by atoms with van der Waals surface area (Å²) in [5.41, 5.74) is 2.02. The number of piperazine rings is 1. The van der Waals surface area contributed by atoms with Crippen molar-refractivity contribution in [3.05, 3.63) is 53.3 Å². The number of ether oxygens (including phenoxy) is 2. The molecular formula is C25H30ClN5O2. The van der Waals surface area contributed by atoms with Crippen LogP contribution in [0.4, 0.5) is 11.5 Å². The molecule has 8 heteroatoms. The molecule has 0 amide bonds. The van der Waals surface area contributed by atoms with Crippen LogP contribution in [0.5, 0.6) is 5.75 Å². The van der Waals surface area contributed by atoms with E-state index in [-0.39, 0.29) is 6.10 Å². The molecule has 1 aromatic heterocycles. The van der Waals surface area contributed by atoms with Crippen LogP contribution in [0.2, 0.25) is 5.02 Å². The molecule has 1 atom stereocenters. The Labute approximate surface area is 199 Å². The second kappa shape index (κ2) is 10.1. The summed E-state index contributed by atoms with van der Waals surface area (Å²) in [5, 5.41) is 5.18. The number of hydrogen-bond donors (Lipinski definition) is 1. The van der Waals surface area contributed by atoms with Gasteiger partial charge in [-0.05, 0) is 43.2 Å². The van der Waals surface area contributed by atoms with Gasteiger partial charge < -0.3 is 19.7 Å². The summed E-state index contributed by atoms with van der Waals surface area (Å²) >= 11 is 6.27. The number of aromatic nitrogens is 2. The zero-order valence-corrected chi connectivity index (χ0v) is 19.7. The molecular weight excluding hydrogens is 438 g/mol. The molecule has 0 aliphatic carbocycles. The molecule has 0 saturated carbocycles. The first-order valence-corrected chi connectivity index (χ1v) is 12.0. The van der Waals surface area contributed by atoms with Gasteiger partial charge >= 0.3 is 0 Å². The number of hydrogen-bond acceptors (Lipinski definition) is 7. The Morgan fingerprint density at radius 2 is 1.97 bits per heavy atom. The highest BCUT2D eigenvalue weighted by atomic mass is 35.5. The predicted molar refractivity (Wildman–Crippen MR) is 132 cm³/mol. The third-order valence-electron chi connectivity index (χ3n) is 6.39. The summed E-state index contributed by atoms with van der Waals surface area (Å²) in [4.78, 5) is 14.5. The van der Waals surface area contributed by atoms with E-state index in [4.69, 9.17) is 31.0 Å². The third kappa shape index (κ3) is 5.16. The van der Waals surface area contributed by atoms with Crippen LogP contribution in [0, 0.1) is 0 Å². The number of para-hydroxylation sites is 2. The van der Waals surface area contributed by atoms with Gasteiger partial charge in [0.25, 0.3) is 0 Å². The first kappa shape index (κ1) is 22.2. The molecule has 2 fully saturated rings. The summed E-state index contributed by atoms with van der Waals surface area (Å²) < 4.78 is 11.3. The fourth-order valence-corrected chi connectivity index (χ4v) is 4.78. The number of nitrogens with zero attached hydrogens (tertiary/aromatic N) is 4. The van der Waals surface area contributed by atoms with Crippen molar-refractivity contribution < 1.29 is 9.47 Å². The zero-order valence-electron chi connectivity index (χ0n) is 19.0. The van der Waals surface area contributed by atoms with E-state index in [2.05, 4.69) is 27.2 Å².